The molecule has 0 fully saturated rings. The van der Waals surface area contributed by atoms with Crippen LogP contribution in [-0.2, 0) is 7.05 Å². The molecule has 0 N–H and O–H groups in total. The third-order valence-electron chi connectivity index (χ3n) is 4.20. The van der Waals surface area contributed by atoms with Crippen LogP contribution in [0.2, 0.25) is 0 Å². The number of aromatic nitrogens is 1. The van der Waals surface area contributed by atoms with E-state index in [1.807, 2.05) is 42.5 Å². The molecule has 3 rings (SSSR count). The van der Waals surface area contributed by atoms with Gasteiger partial charge in [0, 0.05) is 18.0 Å². The van der Waals surface area contributed by atoms with Crippen molar-refractivity contribution in [1.29, 1.82) is 0 Å². The van der Waals surface area contributed by atoms with Crippen molar-refractivity contribution in [2.24, 2.45) is 7.05 Å². The van der Waals surface area contributed by atoms with E-state index in [1.54, 1.807) is 31.9 Å². The fourth-order valence-corrected chi connectivity index (χ4v) is 2.90. The summed E-state index contributed by atoms with van der Waals surface area (Å²) in [6, 6.07) is 13.3. The highest BCUT2D eigenvalue weighted by molar-refractivity contribution is 5.87. The largest absolute Gasteiger partial charge is 0.493 e. The Balaban J connectivity index is 2.37. The second-order valence-corrected chi connectivity index (χ2v) is 5.48. The van der Waals surface area contributed by atoms with Gasteiger partial charge in [-0.25, -0.2) is 0 Å². The highest BCUT2D eigenvalue weighted by atomic mass is 16.5. The number of ether oxygens (including phenoxy) is 2. The van der Waals surface area contributed by atoms with Gasteiger partial charge in [0.25, 0.3) is 5.56 Å². The minimum absolute atomic E-state index is 0.0344. The molecule has 0 aliphatic heterocycles. The standard InChI is InChI=1S/C20H19NO3/c1-5-13-11-18(23-3)19(24-4)12-16(13)17-10-14-8-6-7-9-15(14)20(22)21(17)2/h5-12H,1H2,2-4H3. The van der Waals surface area contributed by atoms with Crippen molar-refractivity contribution in [3.05, 3.63) is 65.0 Å². The summed E-state index contributed by atoms with van der Waals surface area (Å²) in [7, 11) is 4.96. The number of pyridine rings is 1. The molecule has 1 aromatic heterocycles. The second-order valence-electron chi connectivity index (χ2n) is 5.48. The van der Waals surface area contributed by atoms with Crippen LogP contribution in [0.5, 0.6) is 11.5 Å². The van der Waals surface area contributed by atoms with Crippen molar-refractivity contribution in [3.8, 4) is 22.8 Å². The number of nitrogens with zero attached hydrogens (tertiary/aromatic N) is 1. The van der Waals surface area contributed by atoms with Crippen LogP contribution in [0.25, 0.3) is 28.1 Å². The lowest BCUT2D eigenvalue weighted by molar-refractivity contribution is 0.355. The minimum atomic E-state index is -0.0344. The van der Waals surface area contributed by atoms with E-state index in [0.29, 0.717) is 16.9 Å². The normalized spacial score (nSPS) is 10.6. The SMILES string of the molecule is C=Cc1cc(OC)c(OC)cc1-c1cc2ccccc2c(=O)n1C. The molecule has 0 saturated heterocycles. The van der Waals surface area contributed by atoms with E-state index in [4.69, 9.17) is 9.47 Å². The van der Waals surface area contributed by atoms with Crippen molar-refractivity contribution in [3.63, 3.8) is 0 Å². The van der Waals surface area contributed by atoms with Gasteiger partial charge in [-0.05, 0) is 35.2 Å². The van der Waals surface area contributed by atoms with Gasteiger partial charge in [0.2, 0.25) is 0 Å². The van der Waals surface area contributed by atoms with E-state index in [9.17, 15) is 4.79 Å². The van der Waals surface area contributed by atoms with Crippen LogP contribution in [0.3, 0.4) is 0 Å². The predicted octanol–water partition coefficient (Wildman–Crippen LogP) is 3.87. The van der Waals surface area contributed by atoms with E-state index in [-0.39, 0.29) is 5.56 Å². The van der Waals surface area contributed by atoms with Gasteiger partial charge in [0.05, 0.1) is 19.9 Å². The molecule has 0 spiro atoms. The van der Waals surface area contributed by atoms with Crippen LogP contribution >= 0.6 is 0 Å². The molecule has 0 unspecified atom stereocenters. The maximum Gasteiger partial charge on any atom is 0.258 e. The zero-order chi connectivity index (χ0) is 17.3. The van der Waals surface area contributed by atoms with Crippen molar-refractivity contribution in [1.82, 2.24) is 4.57 Å². The van der Waals surface area contributed by atoms with E-state index in [2.05, 4.69) is 6.58 Å². The molecule has 4 nitrogen and oxygen atoms in total. The number of methoxy groups -OCH3 is 2. The Morgan fingerprint density at radius 3 is 2.38 bits per heavy atom. The first-order valence-electron chi connectivity index (χ1n) is 7.58. The summed E-state index contributed by atoms with van der Waals surface area (Å²) in [4.78, 5) is 12.7. The van der Waals surface area contributed by atoms with Crippen LogP contribution in [0.1, 0.15) is 5.56 Å². The van der Waals surface area contributed by atoms with Gasteiger partial charge < -0.3 is 14.0 Å². The highest BCUT2D eigenvalue weighted by Gasteiger charge is 2.15. The number of hydrogen-bond acceptors (Lipinski definition) is 3. The molecule has 0 radical (unpaired) electrons. The first kappa shape index (κ1) is 15.9. The van der Waals surface area contributed by atoms with E-state index in [0.717, 1.165) is 22.2 Å². The number of fused-ring (bicyclic) bond motifs is 1. The van der Waals surface area contributed by atoms with Crippen molar-refractivity contribution in [2.75, 3.05) is 14.2 Å². The average molecular weight is 321 g/mol. The topological polar surface area (TPSA) is 40.5 Å². The first-order chi connectivity index (χ1) is 11.6. The zero-order valence-electron chi connectivity index (χ0n) is 14.0. The smallest absolute Gasteiger partial charge is 0.258 e. The van der Waals surface area contributed by atoms with Gasteiger partial charge in [-0.2, -0.15) is 0 Å². The fraction of sp³-hybridized carbons (Fsp3) is 0.150. The summed E-state index contributed by atoms with van der Waals surface area (Å²) >= 11 is 0. The van der Waals surface area contributed by atoms with Crippen molar-refractivity contribution >= 4 is 16.8 Å². The molecule has 0 amide bonds. The van der Waals surface area contributed by atoms with Gasteiger partial charge in [-0.1, -0.05) is 30.9 Å². The maximum absolute atomic E-state index is 12.7. The molecular formula is C20H19NO3. The lowest BCUT2D eigenvalue weighted by Gasteiger charge is -2.16. The predicted molar refractivity (Wildman–Crippen MR) is 97.8 cm³/mol. The Labute approximate surface area is 140 Å². The summed E-state index contributed by atoms with van der Waals surface area (Å²) in [6.07, 6.45) is 1.75. The molecule has 2 aromatic carbocycles. The second kappa shape index (κ2) is 6.24. The van der Waals surface area contributed by atoms with Crippen molar-refractivity contribution in [2.45, 2.75) is 0 Å². The number of rotatable bonds is 4. The van der Waals surface area contributed by atoms with Gasteiger partial charge in [-0.3, -0.25) is 4.79 Å². The van der Waals surface area contributed by atoms with Gasteiger partial charge in [0.1, 0.15) is 0 Å². The molecule has 0 atom stereocenters. The van der Waals surface area contributed by atoms with E-state index < -0.39 is 0 Å². The Morgan fingerprint density at radius 1 is 1.04 bits per heavy atom. The van der Waals surface area contributed by atoms with Crippen molar-refractivity contribution < 1.29 is 9.47 Å². The molecule has 3 aromatic rings. The van der Waals surface area contributed by atoms with Crippen LogP contribution in [0.4, 0.5) is 0 Å². The summed E-state index contributed by atoms with van der Waals surface area (Å²) in [5.41, 5.74) is 2.51. The molecule has 0 aliphatic rings. The fourth-order valence-electron chi connectivity index (χ4n) is 2.90. The number of hydrogen-bond donors (Lipinski definition) is 0. The molecule has 1 heterocycles. The Hall–Kier alpha value is -3.01. The van der Waals surface area contributed by atoms with Crippen LogP contribution < -0.4 is 15.0 Å². The molecule has 24 heavy (non-hydrogen) atoms. The molecule has 0 bridgehead atoms. The third-order valence-corrected chi connectivity index (χ3v) is 4.20. The highest BCUT2D eigenvalue weighted by Crippen LogP contribution is 2.36. The molecule has 4 heteroatoms. The monoisotopic (exact) mass is 321 g/mol. The van der Waals surface area contributed by atoms with Gasteiger partial charge in [0.15, 0.2) is 11.5 Å². The third kappa shape index (κ3) is 2.46. The van der Waals surface area contributed by atoms with E-state index in [1.165, 1.54) is 0 Å². The van der Waals surface area contributed by atoms with Gasteiger partial charge >= 0.3 is 0 Å². The zero-order valence-corrected chi connectivity index (χ0v) is 14.0. The van der Waals surface area contributed by atoms with Crippen LogP contribution in [-0.4, -0.2) is 18.8 Å². The summed E-state index contributed by atoms with van der Waals surface area (Å²) in [5, 5.41) is 1.60. The molecule has 0 aliphatic carbocycles. The Bertz CT molecular complexity index is 986. The lowest BCUT2D eigenvalue weighted by atomic mass is 10.0. The first-order valence-corrected chi connectivity index (χ1v) is 7.58. The molecular weight excluding hydrogens is 302 g/mol. The maximum atomic E-state index is 12.7. The molecule has 0 saturated carbocycles. The summed E-state index contributed by atoms with van der Waals surface area (Å²) in [6.45, 7) is 3.88. The van der Waals surface area contributed by atoms with Gasteiger partial charge in [-0.15, -0.1) is 0 Å². The Kier molecular flexibility index (Phi) is 4.13. The summed E-state index contributed by atoms with van der Waals surface area (Å²) in [5.74, 6) is 1.24. The quantitative estimate of drug-likeness (QED) is 0.732. The number of benzene rings is 2. The lowest BCUT2D eigenvalue weighted by Crippen LogP contribution is -2.18. The average Bonchev–Trinajstić information content (AvgIpc) is 2.63. The van der Waals surface area contributed by atoms with Crippen LogP contribution in [0, 0.1) is 0 Å². The van der Waals surface area contributed by atoms with E-state index >= 15 is 0 Å². The van der Waals surface area contributed by atoms with Crippen LogP contribution in [0.15, 0.2) is 53.8 Å². The Morgan fingerprint density at radius 2 is 1.71 bits per heavy atom. The molecule has 122 valence electrons. The minimum Gasteiger partial charge on any atom is -0.493 e. The summed E-state index contributed by atoms with van der Waals surface area (Å²) < 4.78 is 12.4.